The highest BCUT2D eigenvalue weighted by Crippen LogP contribution is 1.96. The van der Waals surface area contributed by atoms with Crippen molar-refractivity contribution in [1.82, 2.24) is 19.7 Å². The van der Waals surface area contributed by atoms with Crippen molar-refractivity contribution in [2.24, 2.45) is 5.73 Å². The van der Waals surface area contributed by atoms with Gasteiger partial charge in [0.2, 0.25) is 0 Å². The van der Waals surface area contributed by atoms with Gasteiger partial charge < -0.3 is 5.73 Å². The lowest BCUT2D eigenvalue weighted by atomic mass is 10.5. The summed E-state index contributed by atoms with van der Waals surface area (Å²) in [5, 5.41) is 3.96. The normalized spacial score (nSPS) is 10.4. The molecule has 0 spiro atoms. The van der Waals surface area contributed by atoms with E-state index in [1.54, 1.807) is 24.4 Å². The highest BCUT2D eigenvalue weighted by molar-refractivity contribution is 5.18. The molecule has 72 valence electrons. The number of rotatable bonds is 2. The minimum absolute atomic E-state index is 0.203. The molecule has 6 nitrogen and oxygen atoms in total. The van der Waals surface area contributed by atoms with Crippen molar-refractivity contribution < 1.29 is 0 Å². The van der Waals surface area contributed by atoms with E-state index in [2.05, 4.69) is 15.1 Å². The van der Waals surface area contributed by atoms with Gasteiger partial charge in [-0.1, -0.05) is 6.07 Å². The number of nitrogens with one attached hydrogen (secondary N) is 1. The fourth-order valence-corrected chi connectivity index (χ4v) is 1.09. The molecule has 0 amide bonds. The molecule has 0 unspecified atom stereocenters. The predicted molar refractivity (Wildman–Crippen MR) is 49.9 cm³/mol. The predicted octanol–water partition coefficient (Wildman–Crippen LogP) is -0.586. The standard InChI is InChI=1S/C8H9N5O/c9-5-6-11-8(14)13(12-6)7-3-1-2-4-10-7/h1-4H,5,9H2,(H,11,12,14). The Kier molecular flexibility index (Phi) is 2.11. The Morgan fingerprint density at radius 1 is 1.50 bits per heavy atom. The van der Waals surface area contributed by atoms with Crippen LogP contribution in [0, 0.1) is 0 Å². The van der Waals surface area contributed by atoms with Crippen LogP contribution in [-0.2, 0) is 6.54 Å². The van der Waals surface area contributed by atoms with Gasteiger partial charge in [-0.25, -0.2) is 9.78 Å². The Labute approximate surface area is 79.4 Å². The lowest BCUT2D eigenvalue weighted by Gasteiger charge is -1.95. The summed E-state index contributed by atoms with van der Waals surface area (Å²) < 4.78 is 1.18. The third kappa shape index (κ3) is 1.42. The molecule has 0 aliphatic rings. The molecule has 0 saturated heterocycles. The lowest BCUT2D eigenvalue weighted by molar-refractivity contribution is 0.790. The molecule has 0 saturated carbocycles. The van der Waals surface area contributed by atoms with Crippen LogP contribution in [0.4, 0.5) is 0 Å². The molecule has 3 N–H and O–H groups in total. The van der Waals surface area contributed by atoms with Crippen molar-refractivity contribution in [1.29, 1.82) is 0 Å². The SMILES string of the molecule is NCc1nn(-c2ccccn2)c(=O)[nH]1. The lowest BCUT2D eigenvalue weighted by Crippen LogP contribution is -2.16. The Bertz CT molecular complexity index is 472. The smallest absolute Gasteiger partial charge is 0.324 e. The first kappa shape index (κ1) is 8.64. The Morgan fingerprint density at radius 2 is 2.36 bits per heavy atom. The number of nitrogens with two attached hydrogens (primary N) is 1. The molecule has 0 aliphatic carbocycles. The van der Waals surface area contributed by atoms with Crippen LogP contribution < -0.4 is 11.4 Å². The number of hydrogen-bond donors (Lipinski definition) is 2. The van der Waals surface area contributed by atoms with Crippen LogP contribution in [0.25, 0.3) is 5.82 Å². The second-order valence-electron chi connectivity index (χ2n) is 2.68. The zero-order valence-electron chi connectivity index (χ0n) is 7.34. The average Bonchev–Trinajstić information content (AvgIpc) is 2.61. The van der Waals surface area contributed by atoms with Crippen LogP contribution >= 0.6 is 0 Å². The summed E-state index contributed by atoms with van der Waals surface area (Å²) in [7, 11) is 0. The van der Waals surface area contributed by atoms with Crippen molar-refractivity contribution in [3.63, 3.8) is 0 Å². The number of H-pyrrole nitrogens is 1. The zero-order valence-corrected chi connectivity index (χ0v) is 7.34. The van der Waals surface area contributed by atoms with Gasteiger partial charge in [0.15, 0.2) is 5.82 Å². The van der Waals surface area contributed by atoms with Crippen molar-refractivity contribution in [2.75, 3.05) is 0 Å². The van der Waals surface area contributed by atoms with E-state index in [0.717, 1.165) is 0 Å². The molecule has 0 bridgehead atoms. The molecule has 2 heterocycles. The molecule has 2 aromatic rings. The fraction of sp³-hybridized carbons (Fsp3) is 0.125. The topological polar surface area (TPSA) is 89.6 Å². The molecular weight excluding hydrogens is 182 g/mol. The van der Waals surface area contributed by atoms with E-state index in [1.165, 1.54) is 4.68 Å². The van der Waals surface area contributed by atoms with Gasteiger partial charge in [-0.15, -0.1) is 5.10 Å². The Balaban J connectivity index is 2.52. The monoisotopic (exact) mass is 191 g/mol. The molecule has 0 aliphatic heterocycles. The number of nitrogens with zero attached hydrogens (tertiary/aromatic N) is 3. The number of hydrogen-bond acceptors (Lipinski definition) is 4. The van der Waals surface area contributed by atoms with Crippen molar-refractivity contribution in [3.8, 4) is 5.82 Å². The molecule has 0 aromatic carbocycles. The van der Waals surface area contributed by atoms with Crippen LogP contribution in [-0.4, -0.2) is 19.7 Å². The van der Waals surface area contributed by atoms with Gasteiger partial charge in [0, 0.05) is 6.20 Å². The van der Waals surface area contributed by atoms with Gasteiger partial charge in [-0.05, 0) is 12.1 Å². The van der Waals surface area contributed by atoms with E-state index in [9.17, 15) is 4.79 Å². The molecule has 0 radical (unpaired) electrons. The first-order chi connectivity index (χ1) is 6.81. The average molecular weight is 191 g/mol. The highest BCUT2D eigenvalue weighted by atomic mass is 16.2. The number of aromatic nitrogens is 4. The van der Waals surface area contributed by atoms with Crippen LogP contribution in [0.2, 0.25) is 0 Å². The summed E-state index contributed by atoms with van der Waals surface area (Å²) in [5.74, 6) is 0.925. The van der Waals surface area contributed by atoms with Gasteiger partial charge in [-0.2, -0.15) is 4.68 Å². The Hall–Kier alpha value is -1.95. The molecule has 6 heteroatoms. The van der Waals surface area contributed by atoms with E-state index in [0.29, 0.717) is 11.6 Å². The second kappa shape index (κ2) is 3.43. The third-order valence-corrected chi connectivity index (χ3v) is 1.72. The maximum Gasteiger partial charge on any atom is 0.349 e. The van der Waals surface area contributed by atoms with Gasteiger partial charge in [-0.3, -0.25) is 4.98 Å². The number of pyridine rings is 1. The van der Waals surface area contributed by atoms with Gasteiger partial charge >= 0.3 is 5.69 Å². The van der Waals surface area contributed by atoms with Crippen molar-refractivity contribution in [3.05, 3.63) is 40.7 Å². The maximum atomic E-state index is 11.3. The maximum absolute atomic E-state index is 11.3. The van der Waals surface area contributed by atoms with Crippen LogP contribution in [0.15, 0.2) is 29.2 Å². The summed E-state index contributed by atoms with van der Waals surface area (Å²) in [4.78, 5) is 17.9. The quantitative estimate of drug-likeness (QED) is 0.664. The minimum Gasteiger partial charge on any atom is -0.324 e. The van der Waals surface area contributed by atoms with Gasteiger partial charge in [0.05, 0.1) is 6.54 Å². The van der Waals surface area contributed by atoms with E-state index < -0.39 is 0 Å². The summed E-state index contributed by atoms with van der Waals surface area (Å²) in [6, 6.07) is 5.25. The first-order valence-corrected chi connectivity index (χ1v) is 4.11. The van der Waals surface area contributed by atoms with E-state index in [1.807, 2.05) is 0 Å². The number of aromatic amines is 1. The minimum atomic E-state index is -0.329. The van der Waals surface area contributed by atoms with Crippen LogP contribution in [0.5, 0.6) is 0 Å². The third-order valence-electron chi connectivity index (χ3n) is 1.72. The molecule has 0 atom stereocenters. The zero-order chi connectivity index (χ0) is 9.97. The summed E-state index contributed by atoms with van der Waals surface area (Å²) in [6.45, 7) is 0.203. The molecule has 2 rings (SSSR count). The largest absolute Gasteiger partial charge is 0.349 e. The molecular formula is C8H9N5O. The highest BCUT2D eigenvalue weighted by Gasteiger charge is 2.05. The summed E-state index contributed by atoms with van der Waals surface area (Å²) in [5.41, 5.74) is 5.01. The van der Waals surface area contributed by atoms with E-state index >= 15 is 0 Å². The Morgan fingerprint density at radius 3 is 2.93 bits per heavy atom. The molecule has 14 heavy (non-hydrogen) atoms. The van der Waals surface area contributed by atoms with Crippen molar-refractivity contribution in [2.45, 2.75) is 6.54 Å². The van der Waals surface area contributed by atoms with E-state index in [-0.39, 0.29) is 12.2 Å². The van der Waals surface area contributed by atoms with Crippen LogP contribution in [0.1, 0.15) is 5.82 Å². The molecule has 2 aromatic heterocycles. The van der Waals surface area contributed by atoms with Crippen LogP contribution in [0.3, 0.4) is 0 Å². The summed E-state index contributed by atoms with van der Waals surface area (Å²) in [6.07, 6.45) is 1.60. The first-order valence-electron chi connectivity index (χ1n) is 4.11. The van der Waals surface area contributed by atoms with Crippen molar-refractivity contribution >= 4 is 0 Å². The van der Waals surface area contributed by atoms with Gasteiger partial charge in [0.25, 0.3) is 0 Å². The summed E-state index contributed by atoms with van der Waals surface area (Å²) >= 11 is 0. The van der Waals surface area contributed by atoms with Gasteiger partial charge in [0.1, 0.15) is 5.82 Å². The van der Waals surface area contributed by atoms with E-state index in [4.69, 9.17) is 5.73 Å². The molecule has 0 fully saturated rings. The fourth-order valence-electron chi connectivity index (χ4n) is 1.09. The second-order valence-corrected chi connectivity index (χ2v) is 2.68.